The highest BCUT2D eigenvalue weighted by molar-refractivity contribution is 5.78. The Hall–Kier alpha value is -3.54. The van der Waals surface area contributed by atoms with Crippen LogP contribution in [0.3, 0.4) is 0 Å². The number of nitrogens with zero attached hydrogens (tertiary/aromatic N) is 5. The number of amides is 1. The molecule has 1 aromatic carbocycles. The summed E-state index contributed by atoms with van der Waals surface area (Å²) in [5, 5.41) is 6.38. The Morgan fingerprint density at radius 1 is 1.12 bits per heavy atom. The Morgan fingerprint density at radius 3 is 2.57 bits per heavy atom. The number of hydrogen-bond acceptors (Lipinski definition) is 8. The van der Waals surface area contributed by atoms with Crippen molar-refractivity contribution >= 4 is 28.9 Å². The summed E-state index contributed by atoms with van der Waals surface area (Å²) in [5.41, 5.74) is 0.515. The smallest absolute Gasteiger partial charge is 0.407 e. The summed E-state index contributed by atoms with van der Waals surface area (Å²) in [4.78, 5) is 28.1. The van der Waals surface area contributed by atoms with E-state index in [1.165, 1.54) is 4.57 Å². The van der Waals surface area contributed by atoms with Crippen LogP contribution in [-0.2, 0) is 9.47 Å². The van der Waals surface area contributed by atoms with Gasteiger partial charge in [-0.3, -0.25) is 4.57 Å². The van der Waals surface area contributed by atoms with Gasteiger partial charge in [0.1, 0.15) is 17.2 Å². The van der Waals surface area contributed by atoms with E-state index in [-0.39, 0.29) is 24.0 Å². The molecule has 0 radical (unpaired) electrons. The largest absolute Gasteiger partial charge is 0.444 e. The van der Waals surface area contributed by atoms with Gasteiger partial charge in [-0.2, -0.15) is 9.97 Å². The van der Waals surface area contributed by atoms with Crippen LogP contribution in [0, 0.1) is 5.92 Å². The number of para-hydroxylation sites is 2. The number of alkyl carbamates (subject to hydrolysis) is 1. The fraction of sp³-hybridized carbons (Fsp3) is 0.600. The molecule has 1 saturated heterocycles. The number of imidazole rings is 1. The third-order valence-corrected chi connectivity index (χ3v) is 7.82. The highest BCUT2D eigenvalue weighted by Crippen LogP contribution is 2.31. The number of fused-ring (bicyclic) bond motifs is 1. The minimum absolute atomic E-state index is 0.0804. The summed E-state index contributed by atoms with van der Waals surface area (Å²) >= 11 is 0. The van der Waals surface area contributed by atoms with Crippen molar-refractivity contribution in [2.24, 2.45) is 5.92 Å². The first-order chi connectivity index (χ1) is 20.1. The molecule has 1 atom stereocenters. The zero-order valence-electron chi connectivity index (χ0n) is 24.8. The number of morpholine rings is 1. The van der Waals surface area contributed by atoms with Crippen LogP contribution in [0.1, 0.15) is 72.0 Å². The molecule has 2 aliphatic rings. The highest BCUT2D eigenvalue weighted by atomic mass is 19.3. The number of nitrogens with one attached hydrogen (secondary N) is 2. The van der Waals surface area contributed by atoms with Gasteiger partial charge in [0.2, 0.25) is 5.95 Å². The van der Waals surface area contributed by atoms with Crippen LogP contribution in [0.15, 0.2) is 30.3 Å². The molecule has 0 bridgehead atoms. The number of alkyl halides is 2. The quantitative estimate of drug-likeness (QED) is 0.339. The van der Waals surface area contributed by atoms with Crippen LogP contribution >= 0.6 is 0 Å². The molecule has 2 aromatic heterocycles. The zero-order valence-corrected chi connectivity index (χ0v) is 24.8. The average molecular weight is 586 g/mol. The standard InChI is InChI=1S/C30H41F2N7O3/c1-5-21-18-41-15-14-38(21)24-16-25(39-23-9-7-6-8-22(23)35-27(39)26(31)32)37-28(36-24)33-17-19-10-12-20(13-11-19)34-29(40)42-30(2,3)4/h6-9,16,19-21,26H,5,10-15,17-18H2,1-4H3,(H,34,40)(H,33,36,37)/t19?,20?,21-/m1/s1. The molecule has 3 aromatic rings. The lowest BCUT2D eigenvalue weighted by molar-refractivity contribution is 0.0488. The molecule has 12 heteroatoms. The first-order valence-electron chi connectivity index (χ1n) is 14.8. The van der Waals surface area contributed by atoms with Gasteiger partial charge in [-0.25, -0.2) is 18.6 Å². The third kappa shape index (κ3) is 7.08. The van der Waals surface area contributed by atoms with Gasteiger partial charge < -0.3 is 25.0 Å². The molecule has 5 rings (SSSR count). The third-order valence-electron chi connectivity index (χ3n) is 7.82. The number of ether oxygens (including phenoxy) is 2. The maximum Gasteiger partial charge on any atom is 0.407 e. The molecule has 3 heterocycles. The number of halogens is 2. The van der Waals surface area contributed by atoms with Crippen LogP contribution in [0.25, 0.3) is 16.9 Å². The summed E-state index contributed by atoms with van der Waals surface area (Å²) in [6.07, 6.45) is 1.24. The van der Waals surface area contributed by atoms with Crippen molar-refractivity contribution in [1.29, 1.82) is 0 Å². The Morgan fingerprint density at radius 2 is 1.86 bits per heavy atom. The van der Waals surface area contributed by atoms with Crippen molar-refractivity contribution in [2.45, 2.75) is 83.9 Å². The lowest BCUT2D eigenvalue weighted by Crippen LogP contribution is -2.45. The van der Waals surface area contributed by atoms with Gasteiger partial charge in [0.25, 0.3) is 6.43 Å². The molecule has 2 N–H and O–H groups in total. The van der Waals surface area contributed by atoms with Crippen molar-refractivity contribution in [1.82, 2.24) is 24.8 Å². The van der Waals surface area contributed by atoms with Gasteiger partial charge >= 0.3 is 6.09 Å². The van der Waals surface area contributed by atoms with Crippen molar-refractivity contribution in [3.05, 3.63) is 36.2 Å². The first kappa shape index (κ1) is 29.9. The molecule has 0 spiro atoms. The van der Waals surface area contributed by atoms with Crippen molar-refractivity contribution in [3.63, 3.8) is 0 Å². The fourth-order valence-electron chi connectivity index (χ4n) is 5.71. The van der Waals surface area contributed by atoms with E-state index in [9.17, 15) is 13.6 Å². The second-order valence-corrected chi connectivity index (χ2v) is 12.1. The van der Waals surface area contributed by atoms with E-state index in [0.717, 1.165) is 32.1 Å². The maximum absolute atomic E-state index is 14.2. The topological polar surface area (TPSA) is 106 Å². The van der Waals surface area contributed by atoms with Crippen LogP contribution in [0.4, 0.5) is 25.3 Å². The summed E-state index contributed by atoms with van der Waals surface area (Å²) < 4.78 is 40.9. The average Bonchev–Trinajstić information content (AvgIpc) is 3.36. The Bertz CT molecular complexity index is 1370. The second-order valence-electron chi connectivity index (χ2n) is 12.1. The number of aromatic nitrogens is 4. The van der Waals surface area contributed by atoms with E-state index in [1.54, 1.807) is 30.3 Å². The summed E-state index contributed by atoms with van der Waals surface area (Å²) in [6.45, 7) is 10.1. The molecular formula is C30H41F2N7O3. The number of benzene rings is 1. The van der Waals surface area contributed by atoms with Crippen LogP contribution in [0.5, 0.6) is 0 Å². The van der Waals surface area contributed by atoms with Gasteiger partial charge in [-0.1, -0.05) is 19.1 Å². The van der Waals surface area contributed by atoms with E-state index in [1.807, 2.05) is 20.8 Å². The maximum atomic E-state index is 14.2. The van der Waals surface area contributed by atoms with Gasteiger partial charge in [-0.15, -0.1) is 0 Å². The molecule has 42 heavy (non-hydrogen) atoms. The van der Waals surface area contributed by atoms with E-state index >= 15 is 0 Å². The second kappa shape index (κ2) is 12.8. The zero-order chi connectivity index (χ0) is 29.9. The van der Waals surface area contributed by atoms with Crippen LogP contribution in [0.2, 0.25) is 0 Å². The first-order valence-corrected chi connectivity index (χ1v) is 14.8. The molecule has 228 valence electrons. The number of carbonyl (C=O) groups excluding carboxylic acids is 1. The monoisotopic (exact) mass is 585 g/mol. The summed E-state index contributed by atoms with van der Waals surface area (Å²) in [5.74, 6) is 1.40. The molecular weight excluding hydrogens is 544 g/mol. The van der Waals surface area contributed by atoms with Gasteiger partial charge in [0.05, 0.1) is 30.3 Å². The lowest BCUT2D eigenvalue weighted by atomic mass is 9.86. The fourth-order valence-corrected chi connectivity index (χ4v) is 5.71. The molecule has 1 aliphatic heterocycles. The van der Waals surface area contributed by atoms with E-state index in [2.05, 4.69) is 27.4 Å². The Kier molecular flexibility index (Phi) is 9.10. The van der Waals surface area contributed by atoms with Crippen molar-refractivity contribution in [2.75, 3.05) is 36.5 Å². The predicted octanol–water partition coefficient (Wildman–Crippen LogP) is 5.86. The van der Waals surface area contributed by atoms with Crippen molar-refractivity contribution < 1.29 is 23.0 Å². The van der Waals surface area contributed by atoms with Gasteiger partial charge in [0, 0.05) is 25.2 Å². The van der Waals surface area contributed by atoms with Gasteiger partial charge in [-0.05, 0) is 70.9 Å². The highest BCUT2D eigenvalue weighted by Gasteiger charge is 2.28. The van der Waals surface area contributed by atoms with Gasteiger partial charge in [0.15, 0.2) is 5.82 Å². The SMILES string of the molecule is CC[C@@H]1COCCN1c1cc(-n2c(C(F)F)nc3ccccc32)nc(NCC2CCC(NC(=O)OC(C)(C)C)CC2)n1. The summed E-state index contributed by atoms with van der Waals surface area (Å²) in [6, 6.07) is 9.06. The molecule has 10 nitrogen and oxygen atoms in total. The number of anilines is 2. The van der Waals surface area contributed by atoms with E-state index in [0.29, 0.717) is 60.8 Å². The Labute approximate surface area is 245 Å². The van der Waals surface area contributed by atoms with E-state index in [4.69, 9.17) is 19.4 Å². The van der Waals surface area contributed by atoms with Crippen LogP contribution in [-0.4, -0.2) is 69.6 Å². The predicted molar refractivity (Wildman–Crippen MR) is 157 cm³/mol. The number of rotatable bonds is 8. The van der Waals surface area contributed by atoms with Crippen LogP contribution < -0.4 is 15.5 Å². The van der Waals surface area contributed by atoms with E-state index < -0.39 is 12.0 Å². The minimum atomic E-state index is -2.77. The number of hydrogen-bond donors (Lipinski definition) is 2. The molecule has 1 saturated carbocycles. The van der Waals surface area contributed by atoms with Crippen molar-refractivity contribution in [3.8, 4) is 5.82 Å². The molecule has 2 fully saturated rings. The Balaban J connectivity index is 1.36. The molecule has 1 aliphatic carbocycles. The summed E-state index contributed by atoms with van der Waals surface area (Å²) in [7, 11) is 0. The minimum Gasteiger partial charge on any atom is -0.444 e. The molecule has 0 unspecified atom stereocenters. The number of carbonyl (C=O) groups is 1. The molecule has 1 amide bonds. The normalized spacial score (nSPS) is 21.5. The lowest BCUT2D eigenvalue weighted by Gasteiger charge is -2.36.